The number of amides is 3. The Hall–Kier alpha value is -4.94. The molecule has 1 heterocycles. The van der Waals surface area contributed by atoms with Crippen molar-refractivity contribution >= 4 is 23.4 Å². The van der Waals surface area contributed by atoms with Crippen LogP contribution in [-0.4, -0.2) is 82.0 Å². The maximum Gasteiger partial charge on any atom is 0.251 e. The van der Waals surface area contributed by atoms with Crippen molar-refractivity contribution in [1.82, 2.24) is 36.2 Å². The highest BCUT2D eigenvalue weighted by Gasteiger charge is 2.29. The second-order valence-corrected chi connectivity index (χ2v) is 13.4. The van der Waals surface area contributed by atoms with Crippen molar-refractivity contribution in [3.05, 3.63) is 83.4 Å². The van der Waals surface area contributed by atoms with Gasteiger partial charge in [-0.15, -0.1) is 10.2 Å². The SMILES string of the molecule is CCN(CC)CCCNC(=O)c1ccc(-c2ccc(C[C@H](NC(=O)C3CCC(CN)CC3)C(=O)Nc3ccc(-c4nn[nH]n4)cc3)cc2)c(C)c1. The van der Waals surface area contributed by atoms with Gasteiger partial charge >= 0.3 is 0 Å². The summed E-state index contributed by atoms with van der Waals surface area (Å²) in [5.41, 5.74) is 11.8. The molecule has 12 nitrogen and oxygen atoms in total. The molecule has 6 N–H and O–H groups in total. The van der Waals surface area contributed by atoms with Crippen LogP contribution < -0.4 is 21.7 Å². The van der Waals surface area contributed by atoms with Gasteiger partial charge < -0.3 is 26.6 Å². The molecule has 1 aromatic heterocycles. The maximum absolute atomic E-state index is 13.7. The van der Waals surface area contributed by atoms with E-state index in [4.69, 9.17) is 5.73 Å². The summed E-state index contributed by atoms with van der Waals surface area (Å²) < 4.78 is 0. The van der Waals surface area contributed by atoms with Gasteiger partial charge in [0.15, 0.2) is 0 Å². The van der Waals surface area contributed by atoms with E-state index >= 15 is 0 Å². The zero-order valence-corrected chi connectivity index (χ0v) is 30.0. The lowest BCUT2D eigenvalue weighted by molar-refractivity contribution is -0.130. The van der Waals surface area contributed by atoms with Gasteiger partial charge in [-0.3, -0.25) is 14.4 Å². The van der Waals surface area contributed by atoms with Crippen LogP contribution >= 0.6 is 0 Å². The summed E-state index contributed by atoms with van der Waals surface area (Å²) in [4.78, 5) is 42.3. The van der Waals surface area contributed by atoms with Crippen LogP contribution in [0.4, 0.5) is 5.69 Å². The molecule has 0 spiro atoms. The number of benzene rings is 3. The molecule has 51 heavy (non-hydrogen) atoms. The number of hydrogen-bond acceptors (Lipinski definition) is 8. The number of aromatic amines is 1. The van der Waals surface area contributed by atoms with Gasteiger partial charge in [0.2, 0.25) is 17.6 Å². The molecule has 0 aliphatic heterocycles. The number of rotatable bonds is 16. The maximum atomic E-state index is 13.7. The molecule has 1 atom stereocenters. The summed E-state index contributed by atoms with van der Waals surface area (Å²) in [5, 5.41) is 23.1. The summed E-state index contributed by atoms with van der Waals surface area (Å²) >= 11 is 0. The molecule has 12 heteroatoms. The molecular weight excluding hydrogens is 642 g/mol. The van der Waals surface area contributed by atoms with E-state index in [1.54, 1.807) is 24.3 Å². The number of H-pyrrole nitrogens is 1. The third kappa shape index (κ3) is 10.3. The van der Waals surface area contributed by atoms with E-state index in [1.165, 1.54) is 0 Å². The fourth-order valence-electron chi connectivity index (χ4n) is 6.71. The summed E-state index contributed by atoms with van der Waals surface area (Å²) in [6, 6.07) is 20.2. The first-order valence-corrected chi connectivity index (χ1v) is 18.1. The predicted molar refractivity (Wildman–Crippen MR) is 200 cm³/mol. The molecule has 0 bridgehead atoms. The molecule has 0 unspecified atom stereocenters. The van der Waals surface area contributed by atoms with Gasteiger partial charge in [0.05, 0.1) is 0 Å². The molecule has 4 aromatic rings. The van der Waals surface area contributed by atoms with Crippen molar-refractivity contribution < 1.29 is 14.4 Å². The Morgan fingerprint density at radius 1 is 0.941 bits per heavy atom. The summed E-state index contributed by atoms with van der Waals surface area (Å²) in [6.45, 7) is 10.6. The first-order valence-electron chi connectivity index (χ1n) is 18.1. The molecule has 0 radical (unpaired) electrons. The first-order chi connectivity index (χ1) is 24.8. The number of aromatic nitrogens is 4. The number of nitrogens with zero attached hydrogens (tertiary/aromatic N) is 4. The van der Waals surface area contributed by atoms with Crippen LogP contribution in [-0.2, 0) is 16.0 Å². The number of tetrazole rings is 1. The third-order valence-electron chi connectivity index (χ3n) is 9.96. The van der Waals surface area contributed by atoms with Crippen LogP contribution in [0.2, 0.25) is 0 Å². The fraction of sp³-hybridized carbons (Fsp3) is 0.436. The summed E-state index contributed by atoms with van der Waals surface area (Å²) in [6.07, 6.45) is 4.61. The number of carbonyl (C=O) groups excluding carboxylic acids is 3. The van der Waals surface area contributed by atoms with Crippen molar-refractivity contribution in [1.29, 1.82) is 0 Å². The van der Waals surface area contributed by atoms with Crippen molar-refractivity contribution in [3.63, 3.8) is 0 Å². The third-order valence-corrected chi connectivity index (χ3v) is 9.96. The Labute approximate surface area is 300 Å². The average molecular weight is 694 g/mol. The highest BCUT2D eigenvalue weighted by molar-refractivity contribution is 5.98. The Morgan fingerprint density at radius 3 is 2.27 bits per heavy atom. The summed E-state index contributed by atoms with van der Waals surface area (Å²) in [7, 11) is 0. The minimum absolute atomic E-state index is 0.0683. The molecule has 3 aromatic carbocycles. The quantitative estimate of drug-likeness (QED) is 0.105. The van der Waals surface area contributed by atoms with Crippen molar-refractivity contribution in [3.8, 4) is 22.5 Å². The first kappa shape index (κ1) is 37.3. The second-order valence-electron chi connectivity index (χ2n) is 13.4. The van der Waals surface area contributed by atoms with Gasteiger partial charge in [0.1, 0.15) is 6.04 Å². The molecular formula is C39H51N9O3. The Balaban J connectivity index is 1.24. The van der Waals surface area contributed by atoms with Crippen LogP contribution in [0.5, 0.6) is 0 Å². The summed E-state index contributed by atoms with van der Waals surface area (Å²) in [5.74, 6) is 0.305. The van der Waals surface area contributed by atoms with Gasteiger partial charge in [-0.1, -0.05) is 44.2 Å². The molecule has 5 rings (SSSR count). The van der Waals surface area contributed by atoms with Gasteiger partial charge in [-0.25, -0.2) is 0 Å². The number of hydrogen-bond donors (Lipinski definition) is 5. The molecule has 1 saturated carbocycles. The lowest BCUT2D eigenvalue weighted by Crippen LogP contribution is -2.48. The van der Waals surface area contributed by atoms with E-state index in [9.17, 15) is 14.4 Å². The lowest BCUT2D eigenvalue weighted by Gasteiger charge is -2.28. The smallest absolute Gasteiger partial charge is 0.251 e. The van der Waals surface area contributed by atoms with Gasteiger partial charge in [0, 0.05) is 35.7 Å². The van der Waals surface area contributed by atoms with Gasteiger partial charge in [-0.05, 0) is 135 Å². The zero-order valence-electron chi connectivity index (χ0n) is 30.0. The predicted octanol–water partition coefficient (Wildman–Crippen LogP) is 4.73. The standard InChI is InChI=1S/C39H51N9O3/c1-4-48(5-2)22-6-21-41-37(49)32-17-20-34(26(3)23-32)29-11-7-27(8-12-29)24-35(43-38(50)31-13-9-28(25-40)10-14-31)39(51)42-33-18-15-30(16-19-33)36-44-46-47-45-36/h7-8,11-12,15-20,23,28,31,35H,4-6,9-10,13-14,21-22,24-25,40H2,1-3H3,(H,41,49)(H,42,51)(H,43,50)(H,44,45,46,47)/t28?,31?,35-/m0/s1. The van der Waals surface area contributed by atoms with E-state index in [1.807, 2.05) is 49.4 Å². The van der Waals surface area contributed by atoms with Crippen LogP contribution in [0.3, 0.4) is 0 Å². The lowest BCUT2D eigenvalue weighted by atomic mass is 9.81. The van der Waals surface area contributed by atoms with Crippen molar-refractivity contribution in [2.45, 2.75) is 65.3 Å². The average Bonchev–Trinajstić information content (AvgIpc) is 3.70. The largest absolute Gasteiger partial charge is 0.352 e. The minimum Gasteiger partial charge on any atom is -0.352 e. The van der Waals surface area contributed by atoms with Gasteiger partial charge in [0.25, 0.3) is 5.91 Å². The number of aryl methyl sites for hydroxylation is 1. The minimum atomic E-state index is -0.779. The second kappa shape index (κ2) is 18.3. The number of anilines is 1. The Bertz CT molecular complexity index is 1710. The van der Waals surface area contributed by atoms with Crippen LogP contribution in [0.1, 0.15) is 67.4 Å². The normalized spacial score (nSPS) is 16.4. The van der Waals surface area contributed by atoms with E-state index in [0.29, 0.717) is 42.5 Å². The highest BCUT2D eigenvalue weighted by atomic mass is 16.2. The van der Waals surface area contributed by atoms with Crippen molar-refractivity contribution in [2.24, 2.45) is 17.6 Å². The van der Waals surface area contributed by atoms with Crippen LogP contribution in [0, 0.1) is 18.8 Å². The van der Waals surface area contributed by atoms with Crippen LogP contribution in [0.15, 0.2) is 66.7 Å². The van der Waals surface area contributed by atoms with Gasteiger partial charge in [-0.2, -0.15) is 5.21 Å². The molecule has 1 fully saturated rings. The Morgan fingerprint density at radius 2 is 1.65 bits per heavy atom. The number of carbonyl (C=O) groups is 3. The van der Waals surface area contributed by atoms with E-state index in [0.717, 1.165) is 79.6 Å². The molecule has 270 valence electrons. The molecule has 0 saturated heterocycles. The zero-order chi connectivity index (χ0) is 36.2. The van der Waals surface area contributed by atoms with Crippen LogP contribution in [0.25, 0.3) is 22.5 Å². The van der Waals surface area contributed by atoms with E-state index in [-0.39, 0.29) is 23.6 Å². The fourth-order valence-corrected chi connectivity index (χ4v) is 6.71. The number of nitrogens with one attached hydrogen (secondary N) is 4. The topological polar surface area (TPSA) is 171 Å². The molecule has 1 aliphatic carbocycles. The molecule has 3 amide bonds. The van der Waals surface area contributed by atoms with Crippen molar-refractivity contribution in [2.75, 3.05) is 38.0 Å². The Kier molecular flexibility index (Phi) is 13.4. The van der Waals surface area contributed by atoms with E-state index < -0.39 is 6.04 Å². The number of nitrogens with two attached hydrogens (primary N) is 1. The molecule has 1 aliphatic rings. The monoisotopic (exact) mass is 693 g/mol. The van der Waals surface area contributed by atoms with E-state index in [2.05, 4.69) is 55.3 Å². The highest BCUT2D eigenvalue weighted by Crippen LogP contribution is 2.29.